The van der Waals surface area contributed by atoms with E-state index in [4.69, 9.17) is 0 Å². The van der Waals surface area contributed by atoms with Gasteiger partial charge in [-0.2, -0.15) is 0 Å². The van der Waals surface area contributed by atoms with E-state index in [0.29, 0.717) is 5.56 Å². The van der Waals surface area contributed by atoms with Gasteiger partial charge in [0, 0.05) is 4.47 Å². The van der Waals surface area contributed by atoms with Crippen LogP contribution >= 0.6 is 15.9 Å². The first-order valence-electron chi connectivity index (χ1n) is 6.31. The van der Waals surface area contributed by atoms with Gasteiger partial charge >= 0.3 is 0 Å². The van der Waals surface area contributed by atoms with Crippen molar-refractivity contribution < 1.29 is 9.90 Å². The average molecular weight is 334 g/mol. The molecule has 1 atom stereocenters. The molecule has 0 aliphatic heterocycles. The molecule has 0 bridgehead atoms. The van der Waals surface area contributed by atoms with Crippen LogP contribution in [0.4, 0.5) is 0 Å². The van der Waals surface area contributed by atoms with Gasteiger partial charge in [-0.05, 0) is 40.5 Å². The third kappa shape index (κ3) is 3.46. The van der Waals surface area contributed by atoms with Gasteiger partial charge in [-0.3, -0.25) is 4.79 Å². The quantitative estimate of drug-likeness (QED) is 0.903. The van der Waals surface area contributed by atoms with Gasteiger partial charge in [0.15, 0.2) is 0 Å². The van der Waals surface area contributed by atoms with Crippen LogP contribution in [0.5, 0.6) is 0 Å². The van der Waals surface area contributed by atoms with E-state index >= 15 is 0 Å². The zero-order chi connectivity index (χ0) is 14.6. The van der Waals surface area contributed by atoms with E-state index in [9.17, 15) is 9.90 Å². The lowest BCUT2D eigenvalue weighted by Crippen LogP contribution is -2.38. The van der Waals surface area contributed by atoms with E-state index in [0.717, 1.165) is 10.0 Å². The lowest BCUT2D eigenvalue weighted by molar-refractivity contribution is 0.0526. The highest BCUT2D eigenvalue weighted by Crippen LogP contribution is 2.20. The summed E-state index contributed by atoms with van der Waals surface area (Å²) < 4.78 is 0.733. The Labute approximate surface area is 126 Å². The van der Waals surface area contributed by atoms with E-state index < -0.39 is 5.60 Å². The Morgan fingerprint density at radius 1 is 1.15 bits per heavy atom. The molecule has 3 nitrogen and oxygen atoms in total. The van der Waals surface area contributed by atoms with Gasteiger partial charge in [0.1, 0.15) is 5.60 Å². The van der Waals surface area contributed by atoms with Crippen molar-refractivity contribution in [3.63, 3.8) is 0 Å². The summed E-state index contributed by atoms with van der Waals surface area (Å²) in [6.45, 7) is 1.83. The molecule has 2 rings (SSSR count). The molecule has 0 saturated carbocycles. The maximum atomic E-state index is 12.1. The minimum Gasteiger partial charge on any atom is -0.384 e. The van der Waals surface area contributed by atoms with Crippen molar-refractivity contribution in [3.8, 4) is 0 Å². The molecule has 0 radical (unpaired) electrons. The Morgan fingerprint density at radius 3 is 2.40 bits per heavy atom. The molecule has 0 spiro atoms. The maximum absolute atomic E-state index is 12.1. The van der Waals surface area contributed by atoms with Crippen molar-refractivity contribution in [2.24, 2.45) is 0 Å². The topological polar surface area (TPSA) is 49.3 Å². The summed E-state index contributed by atoms with van der Waals surface area (Å²) in [5.74, 6) is -0.214. The Balaban J connectivity index is 2.05. The van der Waals surface area contributed by atoms with Crippen LogP contribution in [-0.2, 0) is 5.60 Å². The Kier molecular flexibility index (Phi) is 4.57. The number of carbonyl (C=O) groups excluding carboxylic acids is 1. The Bertz CT molecular complexity index is 596. The summed E-state index contributed by atoms with van der Waals surface area (Å²) >= 11 is 3.34. The summed E-state index contributed by atoms with van der Waals surface area (Å²) in [5.41, 5.74) is 0.224. The normalized spacial score (nSPS) is 13.6. The summed E-state index contributed by atoms with van der Waals surface area (Å²) in [4.78, 5) is 12.1. The Morgan fingerprint density at radius 2 is 1.75 bits per heavy atom. The molecule has 4 heteroatoms. The molecule has 0 fully saturated rings. The van der Waals surface area contributed by atoms with Crippen LogP contribution in [0.15, 0.2) is 59.1 Å². The number of benzene rings is 2. The van der Waals surface area contributed by atoms with E-state index in [1.165, 1.54) is 0 Å². The van der Waals surface area contributed by atoms with Crippen molar-refractivity contribution in [1.82, 2.24) is 5.32 Å². The SMILES string of the molecule is C[C@](O)(CNC(=O)c1ccccc1Br)c1ccccc1. The van der Waals surface area contributed by atoms with Crippen molar-refractivity contribution in [3.05, 3.63) is 70.2 Å². The van der Waals surface area contributed by atoms with Crippen LogP contribution in [0, 0.1) is 0 Å². The number of nitrogens with one attached hydrogen (secondary N) is 1. The highest BCUT2D eigenvalue weighted by Gasteiger charge is 2.24. The van der Waals surface area contributed by atoms with Crippen molar-refractivity contribution in [2.45, 2.75) is 12.5 Å². The van der Waals surface area contributed by atoms with Crippen molar-refractivity contribution in [1.29, 1.82) is 0 Å². The third-order valence-corrected chi connectivity index (χ3v) is 3.80. The van der Waals surface area contributed by atoms with Gasteiger partial charge in [0.05, 0.1) is 12.1 Å². The van der Waals surface area contributed by atoms with E-state index in [-0.39, 0.29) is 12.5 Å². The number of hydrogen-bond acceptors (Lipinski definition) is 2. The van der Waals surface area contributed by atoms with Gasteiger partial charge in [-0.1, -0.05) is 42.5 Å². The predicted molar refractivity (Wildman–Crippen MR) is 82.5 cm³/mol. The fourth-order valence-corrected chi connectivity index (χ4v) is 2.36. The van der Waals surface area contributed by atoms with Crippen LogP contribution in [0.3, 0.4) is 0 Å². The minimum atomic E-state index is -1.10. The summed E-state index contributed by atoms with van der Waals surface area (Å²) in [6.07, 6.45) is 0. The van der Waals surface area contributed by atoms with Crippen LogP contribution in [-0.4, -0.2) is 17.6 Å². The molecule has 0 heterocycles. The fourth-order valence-electron chi connectivity index (χ4n) is 1.89. The first kappa shape index (κ1) is 14.8. The molecule has 0 aromatic heterocycles. The molecular weight excluding hydrogens is 318 g/mol. The highest BCUT2D eigenvalue weighted by molar-refractivity contribution is 9.10. The molecule has 2 aromatic rings. The molecule has 0 unspecified atom stereocenters. The third-order valence-electron chi connectivity index (χ3n) is 3.11. The molecule has 0 aliphatic carbocycles. The minimum absolute atomic E-state index is 0.150. The van der Waals surface area contributed by atoms with Crippen LogP contribution in [0.2, 0.25) is 0 Å². The molecule has 2 N–H and O–H groups in total. The van der Waals surface area contributed by atoms with E-state index in [2.05, 4.69) is 21.2 Å². The molecule has 20 heavy (non-hydrogen) atoms. The number of rotatable bonds is 4. The summed E-state index contributed by atoms with van der Waals surface area (Å²) in [7, 11) is 0. The number of halogens is 1. The number of hydrogen-bond donors (Lipinski definition) is 2. The van der Waals surface area contributed by atoms with Gasteiger partial charge in [0.2, 0.25) is 0 Å². The average Bonchev–Trinajstić information content (AvgIpc) is 2.46. The van der Waals surface area contributed by atoms with Gasteiger partial charge in [0.25, 0.3) is 5.91 Å². The second-order valence-corrected chi connectivity index (χ2v) is 5.66. The van der Waals surface area contributed by atoms with Crippen LogP contribution in [0.1, 0.15) is 22.8 Å². The largest absolute Gasteiger partial charge is 0.384 e. The van der Waals surface area contributed by atoms with E-state index in [1.807, 2.05) is 42.5 Å². The summed E-state index contributed by atoms with van der Waals surface area (Å²) in [6, 6.07) is 16.5. The van der Waals surface area contributed by atoms with E-state index in [1.54, 1.807) is 19.1 Å². The summed E-state index contributed by atoms with van der Waals surface area (Å²) in [5, 5.41) is 13.2. The maximum Gasteiger partial charge on any atom is 0.252 e. The zero-order valence-corrected chi connectivity index (χ0v) is 12.7. The zero-order valence-electron chi connectivity index (χ0n) is 11.1. The fraction of sp³-hybridized carbons (Fsp3) is 0.188. The van der Waals surface area contributed by atoms with Crippen molar-refractivity contribution >= 4 is 21.8 Å². The monoisotopic (exact) mass is 333 g/mol. The lowest BCUT2D eigenvalue weighted by Gasteiger charge is -2.24. The standard InChI is InChI=1S/C16H16BrNO2/c1-16(20,12-7-3-2-4-8-12)11-18-15(19)13-9-5-6-10-14(13)17/h2-10,20H,11H2,1H3,(H,18,19)/t16-/m0/s1. The first-order chi connectivity index (χ1) is 9.50. The predicted octanol–water partition coefficient (Wildman–Crippen LogP) is 3.09. The molecule has 1 amide bonds. The van der Waals surface area contributed by atoms with Crippen LogP contribution in [0.25, 0.3) is 0 Å². The van der Waals surface area contributed by atoms with Gasteiger partial charge < -0.3 is 10.4 Å². The molecule has 2 aromatic carbocycles. The number of carbonyl (C=O) groups is 1. The lowest BCUT2D eigenvalue weighted by atomic mass is 9.96. The smallest absolute Gasteiger partial charge is 0.252 e. The number of aliphatic hydroxyl groups is 1. The van der Waals surface area contributed by atoms with Gasteiger partial charge in [-0.25, -0.2) is 0 Å². The highest BCUT2D eigenvalue weighted by atomic mass is 79.9. The number of amides is 1. The Hall–Kier alpha value is -1.65. The molecular formula is C16H16BrNO2. The first-order valence-corrected chi connectivity index (χ1v) is 7.10. The molecule has 104 valence electrons. The second-order valence-electron chi connectivity index (χ2n) is 4.80. The van der Waals surface area contributed by atoms with Crippen molar-refractivity contribution in [2.75, 3.05) is 6.54 Å². The second kappa shape index (κ2) is 6.20. The van der Waals surface area contributed by atoms with Gasteiger partial charge in [-0.15, -0.1) is 0 Å². The molecule has 0 saturated heterocycles. The molecule has 0 aliphatic rings. The van der Waals surface area contributed by atoms with Crippen LogP contribution < -0.4 is 5.32 Å².